The maximum atomic E-state index is 12.6. The van der Waals surface area contributed by atoms with Crippen LogP contribution >= 0.6 is 12.2 Å². The number of halogens is 3. The second kappa shape index (κ2) is 4.72. The molecule has 1 aromatic heterocycles. The molecule has 1 heterocycles. The van der Waals surface area contributed by atoms with Crippen LogP contribution in [0.3, 0.4) is 0 Å². The Kier molecular flexibility index (Phi) is 3.43. The third-order valence-electron chi connectivity index (χ3n) is 2.71. The fraction of sp³-hybridized carbons (Fsp3) is 0.455. The highest BCUT2D eigenvalue weighted by Gasteiger charge is 2.39. The van der Waals surface area contributed by atoms with Gasteiger partial charge in [-0.2, -0.15) is 13.2 Å². The van der Waals surface area contributed by atoms with Crippen molar-refractivity contribution in [3.63, 3.8) is 0 Å². The molecule has 2 rings (SSSR count). The van der Waals surface area contributed by atoms with Gasteiger partial charge in [-0.3, -0.25) is 4.98 Å². The number of hydrogen-bond acceptors (Lipinski definition) is 3. The minimum Gasteiger partial charge on any atom is -0.389 e. The highest BCUT2D eigenvalue weighted by atomic mass is 32.1. The highest BCUT2D eigenvalue weighted by molar-refractivity contribution is 7.80. The summed E-state index contributed by atoms with van der Waals surface area (Å²) in [7, 11) is 0. The Balaban J connectivity index is 2.33. The molecule has 0 spiro atoms. The maximum absolute atomic E-state index is 12.6. The molecule has 0 atom stereocenters. The lowest BCUT2D eigenvalue weighted by molar-refractivity contribution is -0.120. The summed E-state index contributed by atoms with van der Waals surface area (Å²) in [6.07, 6.45) is 0.102. The van der Waals surface area contributed by atoms with E-state index in [0.717, 1.165) is 12.8 Å². The molecule has 1 aliphatic rings. The first-order valence-corrected chi connectivity index (χ1v) is 5.86. The normalized spacial score (nSPS) is 15.5. The Hall–Kier alpha value is -1.37. The number of rotatable bonds is 4. The van der Waals surface area contributed by atoms with Gasteiger partial charge in [0.1, 0.15) is 11.5 Å². The molecule has 3 nitrogen and oxygen atoms in total. The maximum Gasteiger partial charge on any atom is 0.405 e. The van der Waals surface area contributed by atoms with Gasteiger partial charge in [-0.15, -0.1) is 0 Å². The molecule has 1 aliphatic carbocycles. The van der Waals surface area contributed by atoms with Gasteiger partial charge >= 0.3 is 6.18 Å². The first-order chi connectivity index (χ1) is 8.38. The first-order valence-electron chi connectivity index (χ1n) is 5.45. The average Bonchev–Trinajstić information content (AvgIpc) is 3.08. The molecule has 1 aromatic rings. The van der Waals surface area contributed by atoms with Crippen molar-refractivity contribution >= 4 is 22.9 Å². The Morgan fingerprint density at radius 3 is 2.67 bits per heavy atom. The van der Waals surface area contributed by atoms with E-state index in [1.54, 1.807) is 6.07 Å². The van der Waals surface area contributed by atoms with Crippen LogP contribution in [0.5, 0.6) is 0 Å². The van der Waals surface area contributed by atoms with Crippen molar-refractivity contribution in [1.29, 1.82) is 0 Å². The van der Waals surface area contributed by atoms with Crippen molar-refractivity contribution in [2.45, 2.75) is 25.1 Å². The molecule has 2 N–H and O–H groups in total. The van der Waals surface area contributed by atoms with Crippen molar-refractivity contribution in [2.24, 2.45) is 5.73 Å². The number of hydrogen-bond donors (Lipinski definition) is 1. The van der Waals surface area contributed by atoms with E-state index >= 15 is 0 Å². The molecule has 0 radical (unpaired) electrons. The summed E-state index contributed by atoms with van der Waals surface area (Å²) in [5.74, 6) is 0. The molecule has 0 aromatic carbocycles. The molecule has 0 aliphatic heterocycles. The molecule has 0 bridgehead atoms. The average molecular weight is 275 g/mol. The van der Waals surface area contributed by atoms with Crippen LogP contribution in [0, 0.1) is 0 Å². The number of thiocarbonyl (C=S) groups is 1. The topological polar surface area (TPSA) is 42.1 Å². The van der Waals surface area contributed by atoms with E-state index in [9.17, 15) is 13.2 Å². The van der Waals surface area contributed by atoms with E-state index in [-0.39, 0.29) is 11.0 Å². The number of alkyl halides is 3. The molecule has 98 valence electrons. The molecule has 0 unspecified atom stereocenters. The minimum absolute atomic E-state index is 0.0835. The number of pyridine rings is 1. The Morgan fingerprint density at radius 1 is 1.50 bits per heavy atom. The number of anilines is 1. The van der Waals surface area contributed by atoms with Crippen LogP contribution in [-0.2, 0) is 0 Å². The van der Waals surface area contributed by atoms with Gasteiger partial charge in [0.15, 0.2) is 0 Å². The SMILES string of the molecule is NC(=S)c1ccncc1N(CC(F)(F)F)C1CC1. The molecule has 0 amide bonds. The van der Waals surface area contributed by atoms with Gasteiger partial charge in [0.05, 0.1) is 11.9 Å². The van der Waals surface area contributed by atoms with Crippen molar-refractivity contribution in [3.8, 4) is 0 Å². The van der Waals surface area contributed by atoms with Gasteiger partial charge in [-0.05, 0) is 18.9 Å². The van der Waals surface area contributed by atoms with Gasteiger partial charge in [-0.1, -0.05) is 12.2 Å². The zero-order valence-corrected chi connectivity index (χ0v) is 10.3. The van der Waals surface area contributed by atoms with E-state index in [4.69, 9.17) is 18.0 Å². The summed E-state index contributed by atoms with van der Waals surface area (Å²) >= 11 is 4.86. The van der Waals surface area contributed by atoms with Crippen LogP contribution in [0.2, 0.25) is 0 Å². The van der Waals surface area contributed by atoms with Crippen molar-refractivity contribution in [1.82, 2.24) is 4.98 Å². The quantitative estimate of drug-likeness (QED) is 0.856. The predicted octanol–water partition coefficient (Wildman–Crippen LogP) is 2.25. The van der Waals surface area contributed by atoms with Gasteiger partial charge in [0, 0.05) is 17.8 Å². The van der Waals surface area contributed by atoms with Gasteiger partial charge < -0.3 is 10.6 Å². The summed E-state index contributed by atoms with van der Waals surface area (Å²) in [6, 6.07) is 1.45. The minimum atomic E-state index is -4.26. The van der Waals surface area contributed by atoms with Crippen LogP contribution in [0.1, 0.15) is 18.4 Å². The third-order valence-corrected chi connectivity index (χ3v) is 2.93. The second-order valence-electron chi connectivity index (χ2n) is 4.23. The van der Waals surface area contributed by atoms with Gasteiger partial charge in [0.25, 0.3) is 0 Å². The molecule has 7 heteroatoms. The monoisotopic (exact) mass is 275 g/mol. The summed E-state index contributed by atoms with van der Waals surface area (Å²) in [5, 5.41) is 0. The van der Waals surface area contributed by atoms with Crippen LogP contribution in [0.4, 0.5) is 18.9 Å². The zero-order chi connectivity index (χ0) is 13.3. The fourth-order valence-electron chi connectivity index (χ4n) is 1.81. The van der Waals surface area contributed by atoms with E-state index in [1.165, 1.54) is 17.3 Å². The summed E-state index contributed by atoms with van der Waals surface area (Å²) in [5.41, 5.74) is 6.34. The second-order valence-corrected chi connectivity index (χ2v) is 4.67. The van der Waals surface area contributed by atoms with Gasteiger partial charge in [0.2, 0.25) is 0 Å². The highest BCUT2D eigenvalue weighted by Crippen LogP contribution is 2.35. The van der Waals surface area contributed by atoms with E-state index < -0.39 is 12.7 Å². The Labute approximate surface area is 108 Å². The van der Waals surface area contributed by atoms with Crippen molar-refractivity contribution in [3.05, 3.63) is 24.0 Å². The van der Waals surface area contributed by atoms with E-state index in [2.05, 4.69) is 4.98 Å². The Bertz CT molecular complexity index is 457. The molecule has 1 fully saturated rings. The number of nitrogens with zero attached hydrogens (tertiary/aromatic N) is 2. The standard InChI is InChI=1S/C11H12F3N3S/c12-11(13,14)6-17(7-1-2-7)9-5-16-4-3-8(9)10(15)18/h3-5,7H,1-2,6H2,(H2,15,18). The molecular formula is C11H12F3N3S. The van der Waals surface area contributed by atoms with Crippen LogP contribution in [0.15, 0.2) is 18.5 Å². The molecular weight excluding hydrogens is 263 g/mol. The first kappa shape index (κ1) is 13.1. The number of aromatic nitrogens is 1. The largest absolute Gasteiger partial charge is 0.405 e. The van der Waals surface area contributed by atoms with E-state index in [1.807, 2.05) is 0 Å². The summed E-state index contributed by atoms with van der Waals surface area (Å²) in [6.45, 7) is -1.00. The lowest BCUT2D eigenvalue weighted by Gasteiger charge is -2.27. The lowest BCUT2D eigenvalue weighted by Crippen LogP contribution is -2.37. The lowest BCUT2D eigenvalue weighted by atomic mass is 10.2. The summed E-state index contributed by atoms with van der Waals surface area (Å²) in [4.78, 5) is 5.24. The van der Waals surface area contributed by atoms with Crippen LogP contribution in [-0.4, -0.2) is 28.7 Å². The van der Waals surface area contributed by atoms with E-state index in [0.29, 0.717) is 11.3 Å². The fourth-order valence-corrected chi connectivity index (χ4v) is 1.99. The van der Waals surface area contributed by atoms with Crippen LogP contribution < -0.4 is 10.6 Å². The van der Waals surface area contributed by atoms with Crippen LogP contribution in [0.25, 0.3) is 0 Å². The third kappa shape index (κ3) is 3.10. The summed E-state index contributed by atoms with van der Waals surface area (Å²) < 4.78 is 37.8. The molecule has 0 saturated heterocycles. The smallest absolute Gasteiger partial charge is 0.389 e. The van der Waals surface area contributed by atoms with Gasteiger partial charge in [-0.25, -0.2) is 0 Å². The predicted molar refractivity (Wildman–Crippen MR) is 66.5 cm³/mol. The number of nitrogens with two attached hydrogens (primary N) is 1. The van der Waals surface area contributed by atoms with Crippen molar-refractivity contribution in [2.75, 3.05) is 11.4 Å². The zero-order valence-electron chi connectivity index (χ0n) is 9.44. The Morgan fingerprint density at radius 2 is 2.17 bits per heavy atom. The molecule has 18 heavy (non-hydrogen) atoms. The van der Waals surface area contributed by atoms with Crippen molar-refractivity contribution < 1.29 is 13.2 Å². The molecule has 1 saturated carbocycles.